The molecular weight excluding hydrogens is 354 g/mol. The number of halogens is 1. The SMILES string of the molecule is O=C(Nc1cccc(-c2nc3cccnc3s2)c1)c1ccc(Cl)cc1. The van der Waals surface area contributed by atoms with Gasteiger partial charge in [0.2, 0.25) is 0 Å². The number of hydrogen-bond donors (Lipinski definition) is 1. The molecule has 0 spiro atoms. The van der Waals surface area contributed by atoms with Crippen molar-refractivity contribution in [2.45, 2.75) is 0 Å². The van der Waals surface area contributed by atoms with E-state index in [0.717, 1.165) is 20.9 Å². The highest BCUT2D eigenvalue weighted by Crippen LogP contribution is 2.30. The van der Waals surface area contributed by atoms with Crippen molar-refractivity contribution in [3.05, 3.63) is 77.4 Å². The number of nitrogens with zero attached hydrogens (tertiary/aromatic N) is 2. The number of fused-ring (bicyclic) bond motifs is 1. The predicted octanol–water partition coefficient (Wildman–Crippen LogP) is 5.26. The molecular formula is C19H12ClN3OS. The number of rotatable bonds is 3. The molecule has 0 aliphatic carbocycles. The van der Waals surface area contributed by atoms with Gasteiger partial charge in [0.1, 0.15) is 15.4 Å². The van der Waals surface area contributed by atoms with Gasteiger partial charge in [-0.25, -0.2) is 9.97 Å². The van der Waals surface area contributed by atoms with Gasteiger partial charge in [0.15, 0.2) is 0 Å². The number of nitrogens with one attached hydrogen (secondary N) is 1. The Morgan fingerprint density at radius 1 is 1.04 bits per heavy atom. The number of amides is 1. The first-order valence-electron chi connectivity index (χ1n) is 7.58. The molecule has 0 saturated carbocycles. The van der Waals surface area contributed by atoms with Crippen LogP contribution >= 0.6 is 22.9 Å². The van der Waals surface area contributed by atoms with Crippen molar-refractivity contribution in [1.29, 1.82) is 0 Å². The molecule has 0 aliphatic rings. The molecule has 122 valence electrons. The summed E-state index contributed by atoms with van der Waals surface area (Å²) >= 11 is 7.38. The number of carbonyl (C=O) groups is 1. The van der Waals surface area contributed by atoms with Crippen molar-refractivity contribution in [2.75, 3.05) is 5.32 Å². The molecule has 0 saturated heterocycles. The molecule has 0 unspecified atom stereocenters. The number of pyridine rings is 1. The van der Waals surface area contributed by atoms with Gasteiger partial charge >= 0.3 is 0 Å². The lowest BCUT2D eigenvalue weighted by atomic mass is 10.2. The zero-order valence-corrected chi connectivity index (χ0v) is 14.5. The van der Waals surface area contributed by atoms with E-state index in [0.29, 0.717) is 16.3 Å². The van der Waals surface area contributed by atoms with Crippen LogP contribution in [0.4, 0.5) is 5.69 Å². The van der Waals surface area contributed by atoms with Crippen molar-refractivity contribution in [3.63, 3.8) is 0 Å². The van der Waals surface area contributed by atoms with Crippen LogP contribution < -0.4 is 5.32 Å². The summed E-state index contributed by atoms with van der Waals surface area (Å²) in [5, 5.41) is 4.37. The van der Waals surface area contributed by atoms with E-state index in [2.05, 4.69) is 15.3 Å². The van der Waals surface area contributed by atoms with E-state index in [9.17, 15) is 4.79 Å². The van der Waals surface area contributed by atoms with Gasteiger partial charge in [-0.2, -0.15) is 0 Å². The Balaban J connectivity index is 1.60. The average Bonchev–Trinajstić information content (AvgIpc) is 3.07. The minimum absolute atomic E-state index is 0.181. The molecule has 0 aliphatic heterocycles. The zero-order valence-electron chi connectivity index (χ0n) is 12.9. The maximum Gasteiger partial charge on any atom is 0.255 e. The van der Waals surface area contributed by atoms with Crippen LogP contribution in [0, 0.1) is 0 Å². The van der Waals surface area contributed by atoms with Crippen LogP contribution in [0.3, 0.4) is 0 Å². The third kappa shape index (κ3) is 3.38. The highest BCUT2D eigenvalue weighted by Gasteiger charge is 2.09. The number of hydrogen-bond acceptors (Lipinski definition) is 4. The first kappa shape index (κ1) is 15.7. The smallest absolute Gasteiger partial charge is 0.255 e. The fourth-order valence-electron chi connectivity index (χ4n) is 2.43. The molecule has 1 amide bonds. The summed E-state index contributed by atoms with van der Waals surface area (Å²) in [7, 11) is 0. The van der Waals surface area contributed by atoms with Gasteiger partial charge in [-0.05, 0) is 48.5 Å². The zero-order chi connectivity index (χ0) is 17.2. The normalized spacial score (nSPS) is 10.8. The lowest BCUT2D eigenvalue weighted by Gasteiger charge is -2.06. The van der Waals surface area contributed by atoms with Crippen molar-refractivity contribution in [1.82, 2.24) is 9.97 Å². The summed E-state index contributed by atoms with van der Waals surface area (Å²) in [5.41, 5.74) is 3.08. The third-order valence-electron chi connectivity index (χ3n) is 3.64. The van der Waals surface area contributed by atoms with E-state index < -0.39 is 0 Å². The Hall–Kier alpha value is -2.76. The van der Waals surface area contributed by atoms with Gasteiger partial charge in [-0.1, -0.05) is 35.1 Å². The van der Waals surface area contributed by atoms with Crippen LogP contribution in [0.15, 0.2) is 66.9 Å². The molecule has 2 aromatic carbocycles. The summed E-state index contributed by atoms with van der Waals surface area (Å²) in [6, 6.07) is 18.2. The summed E-state index contributed by atoms with van der Waals surface area (Å²) in [6.07, 6.45) is 1.76. The van der Waals surface area contributed by atoms with E-state index in [-0.39, 0.29) is 5.91 Å². The Morgan fingerprint density at radius 2 is 1.88 bits per heavy atom. The van der Waals surface area contributed by atoms with Crippen molar-refractivity contribution in [3.8, 4) is 10.6 Å². The van der Waals surface area contributed by atoms with E-state index in [1.165, 1.54) is 11.3 Å². The molecule has 1 N–H and O–H groups in total. The van der Waals surface area contributed by atoms with Gasteiger partial charge in [0.25, 0.3) is 5.91 Å². The highest BCUT2D eigenvalue weighted by atomic mass is 35.5. The maximum atomic E-state index is 12.3. The molecule has 0 radical (unpaired) electrons. The van der Waals surface area contributed by atoms with Gasteiger partial charge in [0.05, 0.1) is 0 Å². The second-order valence-corrected chi connectivity index (χ2v) is 6.80. The minimum atomic E-state index is -0.181. The van der Waals surface area contributed by atoms with Gasteiger partial charge in [0, 0.05) is 28.0 Å². The average molecular weight is 366 g/mol. The number of aromatic nitrogens is 2. The van der Waals surface area contributed by atoms with Crippen LogP contribution in [0.5, 0.6) is 0 Å². The Kier molecular flexibility index (Phi) is 4.17. The highest BCUT2D eigenvalue weighted by molar-refractivity contribution is 7.21. The summed E-state index contributed by atoms with van der Waals surface area (Å²) in [6.45, 7) is 0. The van der Waals surface area contributed by atoms with Crippen LogP contribution in [0.25, 0.3) is 20.9 Å². The summed E-state index contributed by atoms with van der Waals surface area (Å²) in [4.78, 5) is 22.2. The Morgan fingerprint density at radius 3 is 2.68 bits per heavy atom. The predicted molar refractivity (Wildman–Crippen MR) is 102 cm³/mol. The quantitative estimate of drug-likeness (QED) is 0.538. The fraction of sp³-hybridized carbons (Fsp3) is 0. The minimum Gasteiger partial charge on any atom is -0.322 e. The van der Waals surface area contributed by atoms with Crippen molar-refractivity contribution in [2.24, 2.45) is 0 Å². The maximum absolute atomic E-state index is 12.3. The number of anilines is 1. The van der Waals surface area contributed by atoms with E-state index in [1.54, 1.807) is 30.5 Å². The molecule has 2 heterocycles. The van der Waals surface area contributed by atoms with Crippen molar-refractivity contribution < 1.29 is 4.79 Å². The second-order valence-electron chi connectivity index (χ2n) is 5.39. The Bertz CT molecular complexity index is 1030. The van der Waals surface area contributed by atoms with Crippen LogP contribution in [-0.2, 0) is 0 Å². The molecule has 4 nitrogen and oxygen atoms in total. The molecule has 4 aromatic rings. The van der Waals surface area contributed by atoms with Crippen LogP contribution in [0.1, 0.15) is 10.4 Å². The molecule has 0 fully saturated rings. The van der Waals surface area contributed by atoms with Gasteiger partial charge in [-0.15, -0.1) is 0 Å². The molecule has 2 aromatic heterocycles. The number of carbonyl (C=O) groups excluding carboxylic acids is 1. The first-order valence-corrected chi connectivity index (χ1v) is 8.77. The van der Waals surface area contributed by atoms with E-state index in [1.807, 2.05) is 36.4 Å². The largest absolute Gasteiger partial charge is 0.322 e. The molecule has 4 rings (SSSR count). The van der Waals surface area contributed by atoms with Gasteiger partial charge < -0.3 is 5.32 Å². The van der Waals surface area contributed by atoms with Crippen LogP contribution in [-0.4, -0.2) is 15.9 Å². The monoisotopic (exact) mass is 365 g/mol. The number of benzene rings is 2. The molecule has 0 bridgehead atoms. The van der Waals surface area contributed by atoms with Crippen molar-refractivity contribution >= 4 is 44.9 Å². The standard InChI is InChI=1S/C19H12ClN3OS/c20-14-8-6-12(7-9-14)17(24)22-15-4-1-3-13(11-15)18-23-16-5-2-10-21-19(16)25-18/h1-11H,(H,22,24). The molecule has 0 atom stereocenters. The molecule has 25 heavy (non-hydrogen) atoms. The third-order valence-corrected chi connectivity index (χ3v) is 4.92. The van der Waals surface area contributed by atoms with E-state index in [4.69, 9.17) is 11.6 Å². The fourth-order valence-corrected chi connectivity index (χ4v) is 3.46. The Labute approximate surface area is 153 Å². The van der Waals surface area contributed by atoms with E-state index >= 15 is 0 Å². The van der Waals surface area contributed by atoms with Gasteiger partial charge in [-0.3, -0.25) is 4.79 Å². The lowest BCUT2D eigenvalue weighted by molar-refractivity contribution is 0.102. The van der Waals surface area contributed by atoms with Crippen LogP contribution in [0.2, 0.25) is 5.02 Å². The second kappa shape index (κ2) is 6.63. The first-order chi connectivity index (χ1) is 12.2. The molecule has 6 heteroatoms. The summed E-state index contributed by atoms with van der Waals surface area (Å²) < 4.78 is 0. The summed E-state index contributed by atoms with van der Waals surface area (Å²) in [5.74, 6) is -0.181. The topological polar surface area (TPSA) is 54.9 Å². The lowest BCUT2D eigenvalue weighted by Crippen LogP contribution is -2.11. The number of thiazole rings is 1.